The highest BCUT2D eigenvalue weighted by Gasteiger charge is 2.21. The van der Waals surface area contributed by atoms with Crippen LogP contribution in [0.25, 0.3) is 0 Å². The maximum Gasteiger partial charge on any atom is 0.328 e. The van der Waals surface area contributed by atoms with Gasteiger partial charge in [-0.3, -0.25) is 4.79 Å². The summed E-state index contributed by atoms with van der Waals surface area (Å²) in [6.45, 7) is 2.87. The van der Waals surface area contributed by atoms with Gasteiger partial charge in [0.2, 0.25) is 5.91 Å². The van der Waals surface area contributed by atoms with E-state index in [0.29, 0.717) is 18.4 Å². The fraction of sp³-hybridized carbons (Fsp3) is 0.667. The van der Waals surface area contributed by atoms with Crippen LogP contribution in [0.3, 0.4) is 0 Å². The molecule has 16 heavy (non-hydrogen) atoms. The molecule has 0 heterocycles. The Balaban J connectivity index is 2.27. The fourth-order valence-electron chi connectivity index (χ4n) is 2.13. The Morgan fingerprint density at radius 3 is 2.62 bits per heavy atom. The number of carboxylic acids is 1. The predicted molar refractivity (Wildman–Crippen MR) is 60.9 cm³/mol. The lowest BCUT2D eigenvalue weighted by atomic mass is 9.80. The van der Waals surface area contributed by atoms with Gasteiger partial charge in [-0.15, -0.1) is 0 Å². The minimum absolute atomic E-state index is 0.319. The molecule has 1 rings (SSSR count). The van der Waals surface area contributed by atoms with Crippen molar-refractivity contribution < 1.29 is 14.7 Å². The van der Waals surface area contributed by atoms with Gasteiger partial charge in [-0.1, -0.05) is 26.2 Å². The van der Waals surface area contributed by atoms with E-state index in [4.69, 9.17) is 5.11 Å². The number of hydrogen-bond donors (Lipinski definition) is 2. The van der Waals surface area contributed by atoms with E-state index in [0.717, 1.165) is 18.6 Å². The van der Waals surface area contributed by atoms with Crippen molar-refractivity contribution in [3.05, 3.63) is 12.2 Å². The smallest absolute Gasteiger partial charge is 0.328 e. The van der Waals surface area contributed by atoms with Gasteiger partial charge in [-0.2, -0.15) is 0 Å². The van der Waals surface area contributed by atoms with Crippen molar-refractivity contribution in [3.63, 3.8) is 0 Å². The molecule has 0 aliphatic heterocycles. The summed E-state index contributed by atoms with van der Waals surface area (Å²) < 4.78 is 0. The summed E-state index contributed by atoms with van der Waals surface area (Å²) >= 11 is 0. The van der Waals surface area contributed by atoms with Crippen LogP contribution in [0.5, 0.6) is 0 Å². The first-order valence-corrected chi connectivity index (χ1v) is 5.78. The van der Waals surface area contributed by atoms with Crippen LogP contribution < -0.4 is 5.32 Å². The third kappa shape index (κ3) is 4.47. The van der Waals surface area contributed by atoms with E-state index in [1.807, 2.05) is 0 Å². The first-order chi connectivity index (χ1) is 7.59. The van der Waals surface area contributed by atoms with Crippen LogP contribution in [0.4, 0.5) is 0 Å². The first-order valence-electron chi connectivity index (χ1n) is 5.78. The summed E-state index contributed by atoms with van der Waals surface area (Å²) in [6.07, 6.45) is 6.82. The molecule has 90 valence electrons. The molecule has 1 aliphatic carbocycles. The van der Waals surface area contributed by atoms with Gasteiger partial charge < -0.3 is 10.4 Å². The molecule has 1 aliphatic rings. The number of carboxylic acid groups (broad SMARTS) is 1. The minimum Gasteiger partial charge on any atom is -0.478 e. The van der Waals surface area contributed by atoms with Gasteiger partial charge in [0.05, 0.1) is 0 Å². The molecule has 2 N–H and O–H groups in total. The van der Waals surface area contributed by atoms with Crippen molar-refractivity contribution in [2.24, 2.45) is 11.8 Å². The van der Waals surface area contributed by atoms with Crippen LogP contribution in [0, 0.1) is 11.8 Å². The van der Waals surface area contributed by atoms with E-state index in [9.17, 15) is 9.59 Å². The summed E-state index contributed by atoms with van der Waals surface area (Å²) in [7, 11) is 0. The lowest BCUT2D eigenvalue weighted by molar-refractivity contribution is -0.131. The summed E-state index contributed by atoms with van der Waals surface area (Å²) in [5.74, 6) is -0.227. The summed E-state index contributed by atoms with van der Waals surface area (Å²) in [5.41, 5.74) is 0. The van der Waals surface area contributed by atoms with Crippen molar-refractivity contribution in [1.29, 1.82) is 0 Å². The summed E-state index contributed by atoms with van der Waals surface area (Å²) in [5, 5.41) is 11.1. The van der Waals surface area contributed by atoms with Gasteiger partial charge in [0.25, 0.3) is 0 Å². The summed E-state index contributed by atoms with van der Waals surface area (Å²) in [4.78, 5) is 21.4. The molecule has 0 saturated heterocycles. The third-order valence-electron chi connectivity index (χ3n) is 3.20. The second-order valence-electron chi connectivity index (χ2n) is 4.44. The molecule has 0 radical (unpaired) electrons. The Morgan fingerprint density at radius 1 is 1.31 bits per heavy atom. The monoisotopic (exact) mass is 225 g/mol. The van der Waals surface area contributed by atoms with Gasteiger partial charge in [0.1, 0.15) is 0 Å². The molecular weight excluding hydrogens is 206 g/mol. The van der Waals surface area contributed by atoms with Crippen LogP contribution in [0.1, 0.15) is 32.6 Å². The molecule has 4 heteroatoms. The molecule has 2 unspecified atom stereocenters. The van der Waals surface area contributed by atoms with Crippen molar-refractivity contribution in [1.82, 2.24) is 5.32 Å². The highest BCUT2D eigenvalue weighted by molar-refractivity contribution is 5.93. The van der Waals surface area contributed by atoms with E-state index in [1.54, 1.807) is 0 Å². The second kappa shape index (κ2) is 6.30. The van der Waals surface area contributed by atoms with Crippen LogP contribution in [-0.2, 0) is 9.59 Å². The van der Waals surface area contributed by atoms with Gasteiger partial charge in [0.15, 0.2) is 0 Å². The van der Waals surface area contributed by atoms with Crippen LogP contribution in [0.2, 0.25) is 0 Å². The number of carbonyl (C=O) groups is 2. The molecule has 1 fully saturated rings. The standard InChI is InChI=1S/C12H19NO3/c1-9-4-2-3-5-10(9)8-13-11(14)6-7-12(15)16/h6-7,9-10H,2-5,8H2,1H3,(H,13,14)(H,15,16). The van der Waals surface area contributed by atoms with Crippen LogP contribution in [0.15, 0.2) is 12.2 Å². The molecule has 1 saturated carbocycles. The zero-order valence-corrected chi connectivity index (χ0v) is 9.61. The fourth-order valence-corrected chi connectivity index (χ4v) is 2.13. The van der Waals surface area contributed by atoms with E-state index in [2.05, 4.69) is 12.2 Å². The largest absolute Gasteiger partial charge is 0.478 e. The maximum atomic E-state index is 11.2. The lowest BCUT2D eigenvalue weighted by Crippen LogP contribution is -2.32. The van der Waals surface area contributed by atoms with E-state index in [-0.39, 0.29) is 5.91 Å². The summed E-state index contributed by atoms with van der Waals surface area (Å²) in [6, 6.07) is 0. The molecule has 0 aromatic rings. The van der Waals surface area contributed by atoms with E-state index >= 15 is 0 Å². The Kier molecular flexibility index (Phi) is 5.02. The highest BCUT2D eigenvalue weighted by Crippen LogP contribution is 2.28. The molecule has 0 bridgehead atoms. The number of amides is 1. The SMILES string of the molecule is CC1CCCCC1CNC(=O)C=CC(=O)O. The molecule has 0 spiro atoms. The Morgan fingerprint density at radius 2 is 2.00 bits per heavy atom. The van der Waals surface area contributed by atoms with Gasteiger partial charge >= 0.3 is 5.97 Å². The Labute approximate surface area is 95.7 Å². The van der Waals surface area contributed by atoms with Crippen molar-refractivity contribution >= 4 is 11.9 Å². The van der Waals surface area contributed by atoms with Gasteiger partial charge in [-0.05, 0) is 18.3 Å². The number of aliphatic carboxylic acids is 1. The number of rotatable bonds is 4. The van der Waals surface area contributed by atoms with Crippen molar-refractivity contribution in [3.8, 4) is 0 Å². The Hall–Kier alpha value is -1.32. The number of carbonyl (C=O) groups excluding carboxylic acids is 1. The highest BCUT2D eigenvalue weighted by atomic mass is 16.4. The van der Waals surface area contributed by atoms with E-state index in [1.165, 1.54) is 19.3 Å². The first kappa shape index (κ1) is 12.7. The molecule has 4 nitrogen and oxygen atoms in total. The van der Waals surface area contributed by atoms with Crippen molar-refractivity contribution in [2.45, 2.75) is 32.6 Å². The van der Waals surface area contributed by atoms with Crippen molar-refractivity contribution in [2.75, 3.05) is 6.54 Å². The molecule has 0 aromatic heterocycles. The molecule has 2 atom stereocenters. The molecular formula is C12H19NO3. The lowest BCUT2D eigenvalue weighted by Gasteiger charge is -2.28. The quantitative estimate of drug-likeness (QED) is 0.714. The molecule has 0 aromatic carbocycles. The maximum absolute atomic E-state index is 11.2. The number of nitrogens with one attached hydrogen (secondary N) is 1. The zero-order valence-electron chi connectivity index (χ0n) is 9.61. The average Bonchev–Trinajstić information content (AvgIpc) is 2.25. The van der Waals surface area contributed by atoms with Gasteiger partial charge in [0, 0.05) is 18.7 Å². The van der Waals surface area contributed by atoms with E-state index < -0.39 is 5.97 Å². The normalized spacial score (nSPS) is 25.6. The predicted octanol–water partition coefficient (Wildman–Crippen LogP) is 1.57. The van der Waals surface area contributed by atoms with Crippen LogP contribution >= 0.6 is 0 Å². The van der Waals surface area contributed by atoms with Gasteiger partial charge in [-0.25, -0.2) is 4.79 Å². The third-order valence-corrected chi connectivity index (χ3v) is 3.20. The average molecular weight is 225 g/mol. The second-order valence-corrected chi connectivity index (χ2v) is 4.44. The topological polar surface area (TPSA) is 66.4 Å². The Bertz CT molecular complexity index is 286. The molecule has 1 amide bonds. The zero-order chi connectivity index (χ0) is 12.0. The minimum atomic E-state index is -1.10. The van der Waals surface area contributed by atoms with Crippen LogP contribution in [-0.4, -0.2) is 23.5 Å². The number of hydrogen-bond acceptors (Lipinski definition) is 2.